The Morgan fingerprint density at radius 1 is 1.39 bits per heavy atom. The number of pyridine rings is 1. The molecule has 9 heteroatoms. The molecule has 0 atom stereocenters. The van der Waals surface area contributed by atoms with Crippen LogP contribution in [-0.4, -0.2) is 40.0 Å². The molecular weight excluding hydrogens is 306 g/mol. The van der Waals surface area contributed by atoms with E-state index in [1.165, 1.54) is 16.7 Å². The minimum atomic E-state index is -0.810. The van der Waals surface area contributed by atoms with Crippen LogP contribution in [0.25, 0.3) is 5.65 Å². The van der Waals surface area contributed by atoms with E-state index in [9.17, 15) is 19.7 Å². The first-order valence-corrected chi connectivity index (χ1v) is 6.86. The molecule has 23 heavy (non-hydrogen) atoms. The Balaban J connectivity index is 2.33. The summed E-state index contributed by atoms with van der Waals surface area (Å²) >= 11 is 0. The summed E-state index contributed by atoms with van der Waals surface area (Å²) in [6.07, 6.45) is 3.26. The topological polar surface area (TPSA) is 113 Å². The first-order chi connectivity index (χ1) is 11.0. The average molecular weight is 321 g/mol. The van der Waals surface area contributed by atoms with Crippen LogP contribution in [0.15, 0.2) is 18.5 Å². The summed E-state index contributed by atoms with van der Waals surface area (Å²) in [5, 5.41) is 11.1. The van der Waals surface area contributed by atoms with E-state index < -0.39 is 10.9 Å². The van der Waals surface area contributed by atoms with Gasteiger partial charge in [0.05, 0.1) is 37.0 Å². The van der Waals surface area contributed by atoms with Crippen molar-refractivity contribution in [3.05, 3.63) is 39.8 Å². The van der Waals surface area contributed by atoms with Crippen LogP contribution in [0, 0.1) is 10.1 Å². The Hall–Kier alpha value is -2.97. The summed E-state index contributed by atoms with van der Waals surface area (Å²) in [4.78, 5) is 37.7. The number of nitro groups is 1. The minimum absolute atomic E-state index is 0.156. The van der Waals surface area contributed by atoms with Gasteiger partial charge in [0.1, 0.15) is 11.2 Å². The normalized spacial score (nSPS) is 10.5. The molecule has 0 aliphatic heterocycles. The molecule has 0 amide bonds. The number of hydrogen-bond acceptors (Lipinski definition) is 7. The van der Waals surface area contributed by atoms with Crippen molar-refractivity contribution in [3.8, 4) is 0 Å². The van der Waals surface area contributed by atoms with Gasteiger partial charge in [-0.1, -0.05) is 0 Å². The maximum Gasteiger partial charge on any atom is 0.345 e. The summed E-state index contributed by atoms with van der Waals surface area (Å²) in [6, 6.07) is 1.29. The number of esters is 2. The maximum atomic E-state index is 11.7. The number of fused-ring (bicyclic) bond motifs is 1. The van der Waals surface area contributed by atoms with Gasteiger partial charge in [-0.3, -0.25) is 19.3 Å². The first-order valence-electron chi connectivity index (χ1n) is 6.86. The monoisotopic (exact) mass is 321 g/mol. The van der Waals surface area contributed by atoms with Gasteiger partial charge in [0.2, 0.25) is 0 Å². The molecule has 122 valence electrons. The van der Waals surface area contributed by atoms with Gasteiger partial charge in [0.15, 0.2) is 0 Å². The molecular formula is C14H15N3O6. The molecule has 0 spiro atoms. The number of aromatic nitrogens is 2. The van der Waals surface area contributed by atoms with E-state index in [-0.39, 0.29) is 23.6 Å². The number of methoxy groups -OCH3 is 1. The van der Waals surface area contributed by atoms with Gasteiger partial charge in [-0.05, 0) is 6.92 Å². The Kier molecular flexibility index (Phi) is 4.89. The molecule has 0 N–H and O–H groups in total. The Labute approximate surface area is 131 Å². The predicted octanol–water partition coefficient (Wildman–Crippen LogP) is 1.52. The largest absolute Gasteiger partial charge is 0.466 e. The predicted molar refractivity (Wildman–Crippen MR) is 78.1 cm³/mol. The van der Waals surface area contributed by atoms with Gasteiger partial charge in [-0.25, -0.2) is 9.78 Å². The van der Waals surface area contributed by atoms with Crippen molar-refractivity contribution < 1.29 is 24.0 Å². The van der Waals surface area contributed by atoms with E-state index in [1.807, 2.05) is 0 Å². The number of hydrogen-bond donors (Lipinski definition) is 0. The highest BCUT2D eigenvalue weighted by molar-refractivity contribution is 5.94. The van der Waals surface area contributed by atoms with E-state index in [1.54, 1.807) is 13.1 Å². The van der Waals surface area contributed by atoms with Crippen LogP contribution in [0.3, 0.4) is 0 Å². The Morgan fingerprint density at radius 2 is 2.13 bits per heavy atom. The number of ether oxygens (including phenoxy) is 2. The van der Waals surface area contributed by atoms with E-state index in [0.29, 0.717) is 24.4 Å². The third-order valence-corrected chi connectivity index (χ3v) is 3.11. The maximum absolute atomic E-state index is 11.7. The van der Waals surface area contributed by atoms with Crippen molar-refractivity contribution in [3.63, 3.8) is 0 Å². The average Bonchev–Trinajstić information content (AvgIpc) is 2.93. The number of nitrogens with zero attached hydrogens (tertiary/aromatic N) is 3. The van der Waals surface area contributed by atoms with Crippen molar-refractivity contribution in [2.75, 3.05) is 13.7 Å². The summed E-state index contributed by atoms with van der Waals surface area (Å²) in [7, 11) is 1.15. The lowest BCUT2D eigenvalue weighted by Gasteiger charge is -2.01. The summed E-state index contributed by atoms with van der Waals surface area (Å²) in [5.74, 6) is -1.15. The van der Waals surface area contributed by atoms with E-state index in [0.717, 1.165) is 7.11 Å². The van der Waals surface area contributed by atoms with Gasteiger partial charge in [0.25, 0.3) is 0 Å². The second-order valence-corrected chi connectivity index (χ2v) is 4.62. The Bertz CT molecular complexity index is 767. The fourth-order valence-corrected chi connectivity index (χ4v) is 2.08. The van der Waals surface area contributed by atoms with Crippen molar-refractivity contribution in [2.24, 2.45) is 0 Å². The molecule has 9 nitrogen and oxygen atoms in total. The van der Waals surface area contributed by atoms with Crippen molar-refractivity contribution in [1.82, 2.24) is 9.38 Å². The second-order valence-electron chi connectivity index (χ2n) is 4.62. The lowest BCUT2D eigenvalue weighted by molar-refractivity contribution is -0.385. The Morgan fingerprint density at radius 3 is 2.74 bits per heavy atom. The van der Waals surface area contributed by atoms with Gasteiger partial charge >= 0.3 is 17.6 Å². The number of carbonyl (C=O) groups is 2. The van der Waals surface area contributed by atoms with Crippen molar-refractivity contribution in [1.29, 1.82) is 0 Å². The molecule has 0 radical (unpaired) electrons. The zero-order chi connectivity index (χ0) is 17.0. The van der Waals surface area contributed by atoms with E-state index in [2.05, 4.69) is 9.72 Å². The van der Waals surface area contributed by atoms with Crippen molar-refractivity contribution >= 4 is 23.3 Å². The van der Waals surface area contributed by atoms with Crippen LogP contribution in [0.2, 0.25) is 0 Å². The molecule has 2 heterocycles. The highest BCUT2D eigenvalue weighted by Gasteiger charge is 2.23. The lowest BCUT2D eigenvalue weighted by atomic mass is 10.2. The molecule has 0 aromatic carbocycles. The number of carbonyl (C=O) groups excluding carboxylic acids is 2. The molecule has 0 saturated carbocycles. The van der Waals surface area contributed by atoms with Gasteiger partial charge in [-0.15, -0.1) is 0 Å². The van der Waals surface area contributed by atoms with Gasteiger partial charge in [0, 0.05) is 18.7 Å². The summed E-state index contributed by atoms with van der Waals surface area (Å²) < 4.78 is 10.8. The SMILES string of the molecule is CCOC(=O)CCc1cn2cc([N+](=O)[O-])c(C(=O)OC)cc2n1. The number of imidazole rings is 1. The third kappa shape index (κ3) is 3.62. The molecule has 0 unspecified atom stereocenters. The molecule has 0 aliphatic rings. The molecule has 2 rings (SSSR count). The number of rotatable bonds is 6. The summed E-state index contributed by atoms with van der Waals surface area (Å²) in [6.45, 7) is 2.02. The summed E-state index contributed by atoms with van der Waals surface area (Å²) in [5.41, 5.74) is 0.371. The molecule has 0 bridgehead atoms. The smallest absolute Gasteiger partial charge is 0.345 e. The van der Waals surface area contributed by atoms with Crippen LogP contribution < -0.4 is 0 Å². The van der Waals surface area contributed by atoms with Crippen LogP contribution in [0.4, 0.5) is 5.69 Å². The zero-order valence-electron chi connectivity index (χ0n) is 12.6. The highest BCUT2D eigenvalue weighted by Crippen LogP contribution is 2.22. The molecule has 2 aromatic rings. The molecule has 0 aliphatic carbocycles. The van der Waals surface area contributed by atoms with Gasteiger partial charge < -0.3 is 9.47 Å². The lowest BCUT2D eigenvalue weighted by Crippen LogP contribution is -2.07. The zero-order valence-corrected chi connectivity index (χ0v) is 12.6. The fourth-order valence-electron chi connectivity index (χ4n) is 2.08. The van der Waals surface area contributed by atoms with E-state index in [4.69, 9.17) is 4.74 Å². The quantitative estimate of drug-likeness (QED) is 0.450. The minimum Gasteiger partial charge on any atom is -0.466 e. The van der Waals surface area contributed by atoms with Crippen LogP contribution >= 0.6 is 0 Å². The highest BCUT2D eigenvalue weighted by atomic mass is 16.6. The van der Waals surface area contributed by atoms with Crippen molar-refractivity contribution in [2.45, 2.75) is 19.8 Å². The fraction of sp³-hybridized carbons (Fsp3) is 0.357. The third-order valence-electron chi connectivity index (χ3n) is 3.11. The molecule has 0 fully saturated rings. The van der Waals surface area contributed by atoms with Crippen LogP contribution in [0.1, 0.15) is 29.4 Å². The van der Waals surface area contributed by atoms with Crippen LogP contribution in [-0.2, 0) is 20.7 Å². The molecule has 0 saturated heterocycles. The second kappa shape index (κ2) is 6.86. The first kappa shape index (κ1) is 16.4. The standard InChI is InChI=1S/C14H15N3O6/c1-3-23-13(18)5-4-9-7-16-8-11(17(20)21)10(14(19)22-2)6-12(16)15-9/h6-8H,3-5H2,1-2H3. The number of aryl methyl sites for hydroxylation is 1. The van der Waals surface area contributed by atoms with Crippen LogP contribution in [0.5, 0.6) is 0 Å². The molecule has 2 aromatic heterocycles. The van der Waals surface area contributed by atoms with E-state index >= 15 is 0 Å². The van der Waals surface area contributed by atoms with Gasteiger partial charge in [-0.2, -0.15) is 0 Å².